The molecule has 156 valence electrons. The summed E-state index contributed by atoms with van der Waals surface area (Å²) in [5.74, 6) is -23.3. The van der Waals surface area contributed by atoms with Crippen molar-refractivity contribution in [3.05, 3.63) is 0 Å². The van der Waals surface area contributed by atoms with Crippen LogP contribution >= 0.6 is 15.9 Å². The van der Waals surface area contributed by atoms with Crippen LogP contribution in [0.4, 0.5) is 70.2 Å². The Morgan fingerprint density at radius 1 is 0.538 bits per heavy atom. The molecule has 1 nitrogen and oxygen atoms in total. The van der Waals surface area contributed by atoms with E-state index in [2.05, 4.69) is 0 Å². The van der Waals surface area contributed by atoms with Crippen molar-refractivity contribution in [2.75, 3.05) is 0 Å². The smallest absolute Gasteiger partial charge is 0.212 e. The summed E-state index contributed by atoms with van der Waals surface area (Å²) in [6, 6.07) is -23.2. The SMILES string of the molecule is FC(F)(F)C(F)(Br)C(F)(F)N1C(F)(F)C(F)(F)C(F)(F)C(F)(F)C1(F)F. The van der Waals surface area contributed by atoms with Gasteiger partial charge >= 0.3 is 46.7 Å². The molecular formula is C8BrF16N. The van der Waals surface area contributed by atoms with Gasteiger partial charge in [0.05, 0.1) is 0 Å². The molecule has 1 unspecified atom stereocenters. The monoisotopic (exact) mass is 493 g/mol. The van der Waals surface area contributed by atoms with Gasteiger partial charge in [0.25, 0.3) is 0 Å². The molecule has 1 saturated heterocycles. The molecule has 1 atom stereocenters. The minimum absolute atomic E-state index is 0.339. The summed E-state index contributed by atoms with van der Waals surface area (Å²) in [4.78, 5) is -4.22. The van der Waals surface area contributed by atoms with E-state index in [0.29, 0.717) is 15.9 Å². The van der Waals surface area contributed by atoms with Crippen LogP contribution in [0.15, 0.2) is 0 Å². The predicted octanol–water partition coefficient (Wildman–Crippen LogP) is 5.61. The Balaban J connectivity index is 3.91. The van der Waals surface area contributed by atoms with Gasteiger partial charge in [0.15, 0.2) is 0 Å². The van der Waals surface area contributed by atoms with Gasteiger partial charge in [-0.1, -0.05) is 0 Å². The van der Waals surface area contributed by atoms with Gasteiger partial charge in [-0.15, -0.1) is 4.90 Å². The molecule has 1 rings (SSSR count). The lowest BCUT2D eigenvalue weighted by molar-refractivity contribution is -0.543. The molecule has 0 N–H and O–H groups in total. The van der Waals surface area contributed by atoms with E-state index in [1.54, 1.807) is 0 Å². The minimum atomic E-state index is -7.78. The number of piperidine rings is 1. The number of rotatable bonds is 2. The van der Waals surface area contributed by atoms with Crippen LogP contribution in [0.1, 0.15) is 0 Å². The van der Waals surface area contributed by atoms with Crippen LogP contribution in [-0.2, 0) is 0 Å². The Bertz CT molecular complexity index is 545. The molecule has 0 aromatic heterocycles. The predicted molar refractivity (Wildman–Crippen MR) is 50.3 cm³/mol. The molecule has 0 saturated carbocycles. The fraction of sp³-hybridized carbons (Fsp3) is 1.00. The second-order valence-electron chi connectivity index (χ2n) is 4.75. The summed E-state index contributed by atoms with van der Waals surface area (Å²) in [6.45, 7) is 0. The van der Waals surface area contributed by atoms with Crippen molar-refractivity contribution in [3.8, 4) is 0 Å². The summed E-state index contributed by atoms with van der Waals surface area (Å²) in [5.41, 5.74) is 0. The summed E-state index contributed by atoms with van der Waals surface area (Å²) in [6.07, 6.45) is -7.13. The zero-order chi connectivity index (χ0) is 21.6. The first-order chi connectivity index (χ1) is 10.9. The molecule has 0 aromatic rings. The Hall–Kier alpha value is -0.680. The number of hydrogen-bond acceptors (Lipinski definition) is 1. The highest BCUT2D eigenvalue weighted by atomic mass is 79.9. The van der Waals surface area contributed by atoms with E-state index in [9.17, 15) is 70.2 Å². The van der Waals surface area contributed by atoms with Crippen LogP contribution in [0.2, 0.25) is 0 Å². The van der Waals surface area contributed by atoms with E-state index in [4.69, 9.17) is 0 Å². The van der Waals surface area contributed by atoms with Gasteiger partial charge in [-0.25, -0.2) is 4.39 Å². The maximum Gasteiger partial charge on any atom is 0.440 e. The van der Waals surface area contributed by atoms with Gasteiger partial charge in [0, 0.05) is 0 Å². The Morgan fingerprint density at radius 3 is 1.04 bits per heavy atom. The first-order valence-corrected chi connectivity index (χ1v) is 6.18. The first kappa shape index (κ1) is 23.4. The number of hydrogen-bond donors (Lipinski definition) is 0. The Labute approximate surface area is 139 Å². The van der Waals surface area contributed by atoms with Crippen LogP contribution < -0.4 is 0 Å². The van der Waals surface area contributed by atoms with Gasteiger partial charge in [-0.2, -0.15) is 65.9 Å². The van der Waals surface area contributed by atoms with Crippen LogP contribution in [-0.4, -0.2) is 51.6 Å². The quantitative estimate of drug-likeness (QED) is 0.274. The van der Waals surface area contributed by atoms with E-state index >= 15 is 0 Å². The third-order valence-corrected chi connectivity index (χ3v) is 4.05. The van der Waals surface area contributed by atoms with E-state index in [1.165, 1.54) is 0 Å². The molecule has 0 spiro atoms. The van der Waals surface area contributed by atoms with Crippen molar-refractivity contribution in [1.82, 2.24) is 4.90 Å². The summed E-state index contributed by atoms with van der Waals surface area (Å²) < 4.78 is 200. The fourth-order valence-corrected chi connectivity index (χ4v) is 1.87. The maximum absolute atomic E-state index is 13.4. The second-order valence-corrected chi connectivity index (χ2v) is 5.85. The molecule has 0 amide bonds. The van der Waals surface area contributed by atoms with Gasteiger partial charge in [0.2, 0.25) is 0 Å². The van der Waals surface area contributed by atoms with Crippen LogP contribution in [0.3, 0.4) is 0 Å². The van der Waals surface area contributed by atoms with Gasteiger partial charge < -0.3 is 0 Å². The topological polar surface area (TPSA) is 3.24 Å². The summed E-state index contributed by atoms with van der Waals surface area (Å²) in [7, 11) is 0. The number of halogens is 17. The van der Waals surface area contributed by atoms with E-state index in [-0.39, 0.29) is 0 Å². The highest BCUT2D eigenvalue weighted by molar-refractivity contribution is 9.10. The van der Waals surface area contributed by atoms with Crippen molar-refractivity contribution in [2.24, 2.45) is 0 Å². The Kier molecular flexibility index (Phi) is 4.69. The summed E-state index contributed by atoms with van der Waals surface area (Å²) >= 11 is 0.339. The lowest BCUT2D eigenvalue weighted by atomic mass is 9.92. The van der Waals surface area contributed by atoms with Gasteiger partial charge in [-0.05, 0) is 15.9 Å². The van der Waals surface area contributed by atoms with Crippen molar-refractivity contribution in [3.63, 3.8) is 0 Å². The van der Waals surface area contributed by atoms with Gasteiger partial charge in [-0.3, -0.25) is 0 Å². The molecule has 18 heteroatoms. The molecular weight excluding hydrogens is 494 g/mol. The first-order valence-electron chi connectivity index (χ1n) is 5.38. The number of likely N-dealkylation sites (tertiary alicyclic amines) is 1. The van der Waals surface area contributed by atoms with Crippen molar-refractivity contribution in [2.45, 2.75) is 46.7 Å². The average molecular weight is 494 g/mol. The lowest BCUT2D eigenvalue weighted by Crippen LogP contribution is -2.86. The fourth-order valence-electron chi connectivity index (χ4n) is 1.70. The highest BCUT2D eigenvalue weighted by Gasteiger charge is 2.99. The van der Waals surface area contributed by atoms with Crippen molar-refractivity contribution < 1.29 is 70.2 Å². The van der Waals surface area contributed by atoms with Crippen molar-refractivity contribution >= 4 is 15.9 Å². The van der Waals surface area contributed by atoms with Crippen LogP contribution in [0.5, 0.6) is 0 Å². The zero-order valence-corrected chi connectivity index (χ0v) is 12.5. The maximum atomic E-state index is 13.4. The van der Waals surface area contributed by atoms with E-state index in [1.807, 2.05) is 0 Å². The molecule has 1 aliphatic rings. The van der Waals surface area contributed by atoms with E-state index < -0.39 is 51.6 Å². The second kappa shape index (κ2) is 5.22. The lowest BCUT2D eigenvalue weighted by Gasteiger charge is -2.54. The highest BCUT2D eigenvalue weighted by Crippen LogP contribution is 2.68. The third-order valence-electron chi connectivity index (χ3n) is 3.12. The molecule has 26 heavy (non-hydrogen) atoms. The molecule has 1 heterocycles. The van der Waals surface area contributed by atoms with E-state index in [0.717, 1.165) is 0 Å². The zero-order valence-electron chi connectivity index (χ0n) is 10.9. The molecule has 0 aromatic carbocycles. The third kappa shape index (κ3) is 2.28. The largest absolute Gasteiger partial charge is 0.440 e. The normalized spacial score (nSPS) is 29.9. The van der Waals surface area contributed by atoms with Gasteiger partial charge in [0.1, 0.15) is 0 Å². The number of alkyl halides is 17. The van der Waals surface area contributed by atoms with Crippen LogP contribution in [0.25, 0.3) is 0 Å². The molecule has 0 aliphatic carbocycles. The number of nitrogens with zero attached hydrogens (tertiary/aromatic N) is 1. The standard InChI is InChI=1S/C8BrF16N/c9-1(10,5(17,18)19)6(20,21)26-7(22,23)3(13,14)2(11,12)4(15,16)8(26,24)25. The molecule has 0 bridgehead atoms. The molecule has 0 radical (unpaired) electrons. The van der Waals surface area contributed by atoms with Crippen molar-refractivity contribution in [1.29, 1.82) is 0 Å². The Morgan fingerprint density at radius 2 is 0.808 bits per heavy atom. The molecule has 1 aliphatic heterocycles. The minimum Gasteiger partial charge on any atom is -0.212 e. The molecule has 1 fully saturated rings. The summed E-state index contributed by atoms with van der Waals surface area (Å²) in [5, 5.41) is 0. The van der Waals surface area contributed by atoms with Crippen LogP contribution in [0, 0.1) is 0 Å². The average Bonchev–Trinajstić information content (AvgIpc) is 2.33.